The van der Waals surface area contributed by atoms with Crippen LogP contribution in [0.1, 0.15) is 81.1 Å². The van der Waals surface area contributed by atoms with E-state index < -0.39 is 0 Å². The van der Waals surface area contributed by atoms with Crippen LogP contribution < -0.4 is 0 Å². The summed E-state index contributed by atoms with van der Waals surface area (Å²) in [6.45, 7) is 8.27. The number of carbonyl (C=O) groups excluding carboxylic acids is 1. The maximum absolute atomic E-state index is 13.3. The highest BCUT2D eigenvalue weighted by Crippen LogP contribution is 2.37. The van der Waals surface area contributed by atoms with Crippen LogP contribution in [0.15, 0.2) is 59.1 Å². The van der Waals surface area contributed by atoms with Crippen LogP contribution in [-0.4, -0.2) is 59.1 Å². The van der Waals surface area contributed by atoms with Crippen molar-refractivity contribution in [2.75, 3.05) is 33.2 Å². The third-order valence-corrected chi connectivity index (χ3v) is 9.61. The van der Waals surface area contributed by atoms with E-state index in [1.54, 1.807) is 0 Å². The largest absolute Gasteiger partial charge is 0.345 e. The van der Waals surface area contributed by atoms with Gasteiger partial charge in [-0.15, -0.1) is 0 Å². The summed E-state index contributed by atoms with van der Waals surface area (Å²) in [7, 11) is 1.98. The SMILES string of the molecule is CC(CN1CCC(c2nc(Cc3ccccc3)no2)CC1)C(C)(CN(C)C(=O)C1CCCC1)c1cccc(Cl)c1. The lowest BCUT2D eigenvalue weighted by molar-refractivity contribution is -0.135. The van der Waals surface area contributed by atoms with Gasteiger partial charge in [-0.1, -0.05) is 85.9 Å². The third kappa shape index (κ3) is 6.77. The van der Waals surface area contributed by atoms with Crippen LogP contribution >= 0.6 is 11.6 Å². The minimum atomic E-state index is -0.219. The van der Waals surface area contributed by atoms with Gasteiger partial charge in [-0.25, -0.2) is 0 Å². The van der Waals surface area contributed by atoms with Crippen molar-refractivity contribution in [2.45, 2.75) is 70.1 Å². The summed E-state index contributed by atoms with van der Waals surface area (Å²) >= 11 is 6.46. The van der Waals surface area contributed by atoms with Gasteiger partial charge in [0.15, 0.2) is 5.82 Å². The zero-order valence-corrected chi connectivity index (χ0v) is 24.9. The Hall–Kier alpha value is -2.70. The molecule has 2 unspecified atom stereocenters. The highest BCUT2D eigenvalue weighted by Gasteiger charge is 2.38. The first kappa shape index (κ1) is 28.8. The molecule has 7 heteroatoms. The van der Waals surface area contributed by atoms with Crippen LogP contribution in [0, 0.1) is 11.8 Å². The lowest BCUT2D eigenvalue weighted by Crippen LogP contribution is -2.49. The standard InChI is InChI=1S/C33H43ClN4O2/c1-24(33(2,28-14-9-15-29(34)21-28)23-37(3)32(39)27-12-7-8-13-27)22-38-18-16-26(17-19-38)31-35-30(36-40-31)20-25-10-5-4-6-11-25/h4-6,9-11,14-15,21,24,26-27H,7-8,12-13,16-20,22-23H2,1-3H3. The summed E-state index contributed by atoms with van der Waals surface area (Å²) in [5, 5.41) is 5.00. The monoisotopic (exact) mass is 562 g/mol. The predicted octanol–water partition coefficient (Wildman–Crippen LogP) is 6.74. The molecule has 6 nitrogen and oxygen atoms in total. The molecule has 0 radical (unpaired) electrons. The molecule has 2 atom stereocenters. The molecule has 3 aromatic rings. The molecule has 214 valence electrons. The fourth-order valence-electron chi connectivity index (χ4n) is 6.67. The molecule has 5 rings (SSSR count). The van der Waals surface area contributed by atoms with Gasteiger partial charge in [-0.3, -0.25) is 4.79 Å². The van der Waals surface area contributed by atoms with Gasteiger partial charge >= 0.3 is 0 Å². The van der Waals surface area contributed by atoms with Gasteiger partial charge in [0.1, 0.15) is 0 Å². The fourth-order valence-corrected chi connectivity index (χ4v) is 6.86. The van der Waals surface area contributed by atoms with Crippen molar-refractivity contribution >= 4 is 17.5 Å². The van der Waals surface area contributed by atoms with Crippen molar-refractivity contribution in [1.29, 1.82) is 0 Å². The number of hydrogen-bond donors (Lipinski definition) is 0. The number of halogens is 1. The molecule has 2 fully saturated rings. The summed E-state index contributed by atoms with van der Waals surface area (Å²) in [4.78, 5) is 22.6. The van der Waals surface area contributed by atoms with Crippen LogP contribution in [0.5, 0.6) is 0 Å². The van der Waals surface area contributed by atoms with Gasteiger partial charge < -0.3 is 14.3 Å². The molecule has 2 aliphatic rings. The molecule has 1 amide bonds. The molecule has 1 saturated heterocycles. The average molecular weight is 563 g/mol. The van der Waals surface area contributed by atoms with Crippen molar-refractivity contribution in [2.24, 2.45) is 11.8 Å². The highest BCUT2D eigenvalue weighted by molar-refractivity contribution is 6.30. The lowest BCUT2D eigenvalue weighted by atomic mass is 9.71. The number of likely N-dealkylation sites (N-methyl/N-ethyl adjacent to an activating group) is 1. The smallest absolute Gasteiger partial charge is 0.229 e. The van der Waals surface area contributed by atoms with Crippen LogP contribution in [0.3, 0.4) is 0 Å². The van der Waals surface area contributed by atoms with E-state index in [9.17, 15) is 4.79 Å². The number of amides is 1. The molecule has 0 spiro atoms. The van der Waals surface area contributed by atoms with E-state index >= 15 is 0 Å². The van der Waals surface area contributed by atoms with Gasteiger partial charge in [-0.05, 0) is 68.0 Å². The number of likely N-dealkylation sites (tertiary alicyclic amines) is 1. The minimum Gasteiger partial charge on any atom is -0.345 e. The molecule has 1 aliphatic carbocycles. The number of aromatic nitrogens is 2. The normalized spacial score (nSPS) is 19.4. The minimum absolute atomic E-state index is 0.181. The zero-order chi connectivity index (χ0) is 28.1. The highest BCUT2D eigenvalue weighted by atomic mass is 35.5. The molecule has 2 aromatic carbocycles. The molecule has 1 aromatic heterocycles. The first-order valence-corrected chi connectivity index (χ1v) is 15.3. The van der Waals surface area contributed by atoms with Crippen LogP contribution in [-0.2, 0) is 16.6 Å². The summed E-state index contributed by atoms with van der Waals surface area (Å²) < 4.78 is 5.69. The lowest BCUT2D eigenvalue weighted by Gasteiger charge is -2.43. The molecule has 40 heavy (non-hydrogen) atoms. The van der Waals surface area contributed by atoms with Gasteiger partial charge in [0.2, 0.25) is 11.8 Å². The maximum atomic E-state index is 13.3. The number of piperidine rings is 1. The van der Waals surface area contributed by atoms with Gasteiger partial charge in [0.05, 0.1) is 0 Å². The maximum Gasteiger partial charge on any atom is 0.229 e. The summed E-state index contributed by atoms with van der Waals surface area (Å²) in [5.74, 6) is 2.63. The number of nitrogens with zero attached hydrogens (tertiary/aromatic N) is 4. The van der Waals surface area contributed by atoms with Crippen LogP contribution in [0.2, 0.25) is 5.02 Å². The Kier molecular flexibility index (Phi) is 9.27. The Morgan fingerprint density at radius 3 is 2.52 bits per heavy atom. The van der Waals surface area contributed by atoms with Crippen molar-refractivity contribution in [3.8, 4) is 0 Å². The molecule has 2 heterocycles. The average Bonchev–Trinajstić information content (AvgIpc) is 3.66. The zero-order valence-electron chi connectivity index (χ0n) is 24.2. The van der Waals surface area contributed by atoms with Gasteiger partial charge in [0, 0.05) is 48.8 Å². The van der Waals surface area contributed by atoms with E-state index in [1.165, 1.54) is 24.0 Å². The van der Waals surface area contributed by atoms with E-state index in [1.807, 2.05) is 42.3 Å². The molecule has 0 bridgehead atoms. The second-order valence-electron chi connectivity index (χ2n) is 12.3. The number of rotatable bonds is 10. The van der Waals surface area contributed by atoms with E-state index in [2.05, 4.69) is 48.2 Å². The summed E-state index contributed by atoms with van der Waals surface area (Å²) in [5.41, 5.74) is 2.17. The summed E-state index contributed by atoms with van der Waals surface area (Å²) in [6, 6.07) is 18.5. The summed E-state index contributed by atoms with van der Waals surface area (Å²) in [6.07, 6.45) is 7.09. The number of benzene rings is 2. The van der Waals surface area contributed by atoms with Crippen molar-refractivity contribution in [1.82, 2.24) is 19.9 Å². The second-order valence-corrected chi connectivity index (χ2v) is 12.7. The van der Waals surface area contributed by atoms with Crippen molar-refractivity contribution in [3.63, 3.8) is 0 Å². The van der Waals surface area contributed by atoms with E-state index in [-0.39, 0.29) is 11.3 Å². The fraction of sp³-hybridized carbons (Fsp3) is 0.545. The molecule has 1 aliphatic heterocycles. The molecule has 1 saturated carbocycles. The van der Waals surface area contributed by atoms with E-state index in [0.29, 0.717) is 30.7 Å². The van der Waals surface area contributed by atoms with E-state index in [0.717, 1.165) is 62.1 Å². The first-order chi connectivity index (χ1) is 19.3. The quantitative estimate of drug-likeness (QED) is 0.274. The molecule has 0 N–H and O–H groups in total. The van der Waals surface area contributed by atoms with E-state index in [4.69, 9.17) is 21.1 Å². The van der Waals surface area contributed by atoms with Crippen molar-refractivity contribution < 1.29 is 9.32 Å². The van der Waals surface area contributed by atoms with Crippen LogP contribution in [0.4, 0.5) is 0 Å². The Morgan fingerprint density at radius 1 is 1.10 bits per heavy atom. The first-order valence-electron chi connectivity index (χ1n) is 14.9. The third-order valence-electron chi connectivity index (χ3n) is 9.38. The van der Waals surface area contributed by atoms with Crippen molar-refractivity contribution in [3.05, 3.63) is 82.5 Å². The number of carbonyl (C=O) groups is 1. The Balaban J connectivity index is 1.22. The molecular weight excluding hydrogens is 520 g/mol. The topological polar surface area (TPSA) is 62.5 Å². The Bertz CT molecular complexity index is 1250. The Morgan fingerprint density at radius 2 is 1.82 bits per heavy atom. The van der Waals surface area contributed by atoms with Gasteiger partial charge in [0.25, 0.3) is 0 Å². The Labute approximate surface area is 244 Å². The predicted molar refractivity (Wildman–Crippen MR) is 160 cm³/mol. The van der Waals surface area contributed by atoms with Gasteiger partial charge in [-0.2, -0.15) is 4.98 Å². The number of hydrogen-bond acceptors (Lipinski definition) is 5. The van der Waals surface area contributed by atoms with Crippen LogP contribution in [0.25, 0.3) is 0 Å². The molecular formula is C33H43ClN4O2. The second kappa shape index (κ2) is 12.9.